The molecule has 0 fully saturated rings. The summed E-state index contributed by atoms with van der Waals surface area (Å²) in [4.78, 5) is 15.5. The molecular formula is C12H11N5O2. The number of aryl methyl sites for hydroxylation is 1. The summed E-state index contributed by atoms with van der Waals surface area (Å²) < 4.78 is 5.27. The summed E-state index contributed by atoms with van der Waals surface area (Å²) in [6.45, 7) is 1.51. The van der Waals surface area contributed by atoms with Crippen LogP contribution in [0, 0.1) is 18.3 Å². The first-order valence-electron chi connectivity index (χ1n) is 5.50. The standard InChI is InChI=1S/C12H11N5O2/c1-8-14-12(17-16-8)15-11(18)7-19-10-5-3-2-4-9(10)6-13/h2-5H,7H2,1H3,(H2,14,15,16,17,18). The van der Waals surface area contributed by atoms with Crippen LogP contribution in [0.4, 0.5) is 5.95 Å². The van der Waals surface area contributed by atoms with Crippen LogP contribution in [0.15, 0.2) is 24.3 Å². The zero-order valence-electron chi connectivity index (χ0n) is 10.2. The van der Waals surface area contributed by atoms with Gasteiger partial charge in [0.05, 0.1) is 5.56 Å². The van der Waals surface area contributed by atoms with Gasteiger partial charge in [-0.25, -0.2) is 0 Å². The first kappa shape index (κ1) is 12.6. The van der Waals surface area contributed by atoms with E-state index in [2.05, 4.69) is 20.5 Å². The molecule has 0 aliphatic heterocycles. The van der Waals surface area contributed by atoms with E-state index >= 15 is 0 Å². The molecule has 19 heavy (non-hydrogen) atoms. The minimum absolute atomic E-state index is 0.194. The molecule has 0 unspecified atom stereocenters. The molecule has 2 rings (SSSR count). The molecule has 1 aromatic carbocycles. The van der Waals surface area contributed by atoms with E-state index in [-0.39, 0.29) is 12.6 Å². The van der Waals surface area contributed by atoms with Crippen LogP contribution < -0.4 is 10.1 Å². The lowest BCUT2D eigenvalue weighted by atomic mass is 10.2. The van der Waals surface area contributed by atoms with E-state index in [0.717, 1.165) is 0 Å². The minimum atomic E-state index is -0.397. The molecule has 2 aromatic rings. The number of amides is 1. The van der Waals surface area contributed by atoms with Gasteiger partial charge in [0.2, 0.25) is 5.95 Å². The fraction of sp³-hybridized carbons (Fsp3) is 0.167. The Morgan fingerprint density at radius 3 is 3.00 bits per heavy atom. The normalized spacial score (nSPS) is 9.68. The number of hydrogen-bond donors (Lipinski definition) is 2. The van der Waals surface area contributed by atoms with Crippen molar-refractivity contribution in [3.8, 4) is 11.8 Å². The van der Waals surface area contributed by atoms with Crippen molar-refractivity contribution < 1.29 is 9.53 Å². The van der Waals surface area contributed by atoms with Gasteiger partial charge in [0.25, 0.3) is 5.91 Å². The van der Waals surface area contributed by atoms with Crippen molar-refractivity contribution >= 4 is 11.9 Å². The van der Waals surface area contributed by atoms with E-state index in [1.165, 1.54) is 0 Å². The predicted octanol–water partition coefficient (Wildman–Crippen LogP) is 1.00. The number of carbonyl (C=O) groups is 1. The van der Waals surface area contributed by atoms with Gasteiger partial charge in [-0.3, -0.25) is 15.2 Å². The fourth-order valence-electron chi connectivity index (χ4n) is 1.39. The molecule has 0 saturated carbocycles. The maximum atomic E-state index is 11.6. The lowest BCUT2D eigenvalue weighted by molar-refractivity contribution is -0.118. The molecule has 0 aliphatic rings. The third kappa shape index (κ3) is 3.29. The van der Waals surface area contributed by atoms with Gasteiger partial charge in [-0.2, -0.15) is 10.2 Å². The molecule has 0 aliphatic carbocycles. The zero-order chi connectivity index (χ0) is 13.7. The van der Waals surface area contributed by atoms with E-state index in [0.29, 0.717) is 17.1 Å². The summed E-state index contributed by atoms with van der Waals surface area (Å²) in [7, 11) is 0. The number of ether oxygens (including phenoxy) is 1. The van der Waals surface area contributed by atoms with Crippen molar-refractivity contribution in [3.05, 3.63) is 35.7 Å². The molecule has 0 saturated heterocycles. The van der Waals surface area contributed by atoms with Gasteiger partial charge in [0, 0.05) is 0 Å². The number of anilines is 1. The minimum Gasteiger partial charge on any atom is -0.482 e. The Morgan fingerprint density at radius 2 is 2.32 bits per heavy atom. The summed E-state index contributed by atoms with van der Waals surface area (Å²) >= 11 is 0. The Balaban J connectivity index is 1.92. The number of H-pyrrole nitrogens is 1. The van der Waals surface area contributed by atoms with E-state index < -0.39 is 5.91 Å². The summed E-state index contributed by atoms with van der Waals surface area (Å²) in [5.74, 6) is 0.767. The van der Waals surface area contributed by atoms with Crippen molar-refractivity contribution in [3.63, 3.8) is 0 Å². The first-order chi connectivity index (χ1) is 9.19. The number of nitrogens with zero attached hydrogens (tertiary/aromatic N) is 3. The summed E-state index contributed by atoms with van der Waals surface area (Å²) in [5.41, 5.74) is 0.379. The molecule has 0 radical (unpaired) electrons. The van der Waals surface area contributed by atoms with E-state index in [1.807, 2.05) is 6.07 Å². The van der Waals surface area contributed by atoms with Gasteiger partial charge < -0.3 is 4.74 Å². The van der Waals surface area contributed by atoms with E-state index in [9.17, 15) is 4.79 Å². The van der Waals surface area contributed by atoms with Gasteiger partial charge in [-0.1, -0.05) is 12.1 Å². The largest absolute Gasteiger partial charge is 0.482 e. The second-order valence-corrected chi connectivity index (χ2v) is 3.69. The van der Waals surface area contributed by atoms with Crippen LogP contribution in [-0.4, -0.2) is 27.7 Å². The summed E-state index contributed by atoms with van der Waals surface area (Å²) in [5, 5.41) is 17.7. The van der Waals surface area contributed by atoms with Crippen molar-refractivity contribution in [2.75, 3.05) is 11.9 Å². The first-order valence-corrected chi connectivity index (χ1v) is 5.50. The van der Waals surface area contributed by atoms with E-state index in [4.69, 9.17) is 10.00 Å². The SMILES string of the molecule is Cc1nc(NC(=O)COc2ccccc2C#N)n[nH]1. The van der Waals surface area contributed by atoms with Crippen LogP contribution in [0.3, 0.4) is 0 Å². The van der Waals surface area contributed by atoms with Crippen molar-refractivity contribution in [2.45, 2.75) is 6.92 Å². The highest BCUT2D eigenvalue weighted by Crippen LogP contribution is 2.16. The molecule has 7 heteroatoms. The Morgan fingerprint density at radius 1 is 1.53 bits per heavy atom. The van der Waals surface area contributed by atoms with Gasteiger partial charge >= 0.3 is 0 Å². The summed E-state index contributed by atoms with van der Waals surface area (Å²) in [6, 6.07) is 8.68. The maximum absolute atomic E-state index is 11.6. The monoisotopic (exact) mass is 257 g/mol. The topological polar surface area (TPSA) is 104 Å². The molecule has 1 amide bonds. The third-order valence-electron chi connectivity index (χ3n) is 2.21. The summed E-state index contributed by atoms with van der Waals surface area (Å²) in [6.07, 6.45) is 0. The number of carbonyl (C=O) groups excluding carboxylic acids is 1. The fourth-order valence-corrected chi connectivity index (χ4v) is 1.39. The molecule has 1 aromatic heterocycles. The second kappa shape index (κ2) is 5.64. The Bertz CT molecular complexity index is 629. The smallest absolute Gasteiger partial charge is 0.264 e. The Hall–Kier alpha value is -2.88. The maximum Gasteiger partial charge on any atom is 0.264 e. The zero-order valence-corrected chi connectivity index (χ0v) is 10.2. The van der Waals surface area contributed by atoms with Crippen LogP contribution in [0.2, 0.25) is 0 Å². The molecule has 96 valence electrons. The van der Waals surface area contributed by atoms with Crippen LogP contribution in [0.25, 0.3) is 0 Å². The molecule has 0 bridgehead atoms. The number of nitriles is 1. The highest BCUT2D eigenvalue weighted by atomic mass is 16.5. The number of aromatic amines is 1. The van der Waals surface area contributed by atoms with Crippen LogP contribution in [0.1, 0.15) is 11.4 Å². The molecular weight excluding hydrogens is 246 g/mol. The van der Waals surface area contributed by atoms with Gasteiger partial charge in [0.1, 0.15) is 17.6 Å². The average molecular weight is 257 g/mol. The van der Waals surface area contributed by atoms with Crippen molar-refractivity contribution in [2.24, 2.45) is 0 Å². The van der Waals surface area contributed by atoms with E-state index in [1.54, 1.807) is 31.2 Å². The predicted molar refractivity (Wildman–Crippen MR) is 66.4 cm³/mol. The third-order valence-corrected chi connectivity index (χ3v) is 2.21. The van der Waals surface area contributed by atoms with Gasteiger partial charge in [-0.05, 0) is 19.1 Å². The number of nitrogens with one attached hydrogen (secondary N) is 2. The molecule has 2 N–H and O–H groups in total. The number of rotatable bonds is 4. The van der Waals surface area contributed by atoms with Crippen molar-refractivity contribution in [1.82, 2.24) is 15.2 Å². The number of benzene rings is 1. The second-order valence-electron chi connectivity index (χ2n) is 3.69. The molecule has 0 atom stereocenters. The Kier molecular flexibility index (Phi) is 3.73. The Labute approximate surface area is 109 Å². The van der Waals surface area contributed by atoms with Crippen molar-refractivity contribution in [1.29, 1.82) is 5.26 Å². The highest BCUT2D eigenvalue weighted by Gasteiger charge is 2.08. The van der Waals surface area contributed by atoms with Crippen LogP contribution in [-0.2, 0) is 4.79 Å². The molecule has 1 heterocycles. The van der Waals surface area contributed by atoms with Crippen LogP contribution in [0.5, 0.6) is 5.75 Å². The number of aromatic nitrogens is 3. The average Bonchev–Trinajstić information content (AvgIpc) is 2.82. The number of hydrogen-bond acceptors (Lipinski definition) is 5. The molecule has 0 spiro atoms. The highest BCUT2D eigenvalue weighted by molar-refractivity contribution is 5.90. The van der Waals surface area contributed by atoms with Gasteiger partial charge in [-0.15, -0.1) is 5.10 Å². The lowest BCUT2D eigenvalue weighted by Crippen LogP contribution is -2.21. The number of para-hydroxylation sites is 1. The van der Waals surface area contributed by atoms with Gasteiger partial charge in [0.15, 0.2) is 6.61 Å². The molecule has 7 nitrogen and oxygen atoms in total. The lowest BCUT2D eigenvalue weighted by Gasteiger charge is -2.06. The van der Waals surface area contributed by atoms with Crippen LogP contribution >= 0.6 is 0 Å². The quantitative estimate of drug-likeness (QED) is 0.850.